The molecule has 0 radical (unpaired) electrons. The van der Waals surface area contributed by atoms with E-state index in [1.807, 2.05) is 18.2 Å². The quantitative estimate of drug-likeness (QED) is 0.800. The zero-order chi connectivity index (χ0) is 14.8. The molecular weight excluding hydrogens is 333 g/mol. The number of nitrogens with zero attached hydrogens (tertiary/aromatic N) is 1. The van der Waals surface area contributed by atoms with Gasteiger partial charge in [0.15, 0.2) is 0 Å². The monoisotopic (exact) mass is 347 g/mol. The average Bonchev–Trinajstić information content (AvgIpc) is 2.50. The van der Waals surface area contributed by atoms with Crippen LogP contribution in [0.4, 0.5) is 10.1 Å². The molecule has 0 aliphatic carbocycles. The highest BCUT2D eigenvalue weighted by Crippen LogP contribution is 2.27. The van der Waals surface area contributed by atoms with E-state index in [2.05, 4.69) is 22.0 Å². The third-order valence-corrected chi connectivity index (χ3v) is 4.25. The van der Waals surface area contributed by atoms with Crippen LogP contribution >= 0.6 is 15.9 Å². The standard InChI is InChI=1S/C17H15BrFNO/c18-14-7-8-15(19)13(10-14)11-17(21)20-9-3-5-12-4-1-2-6-16(12)20/h1-2,4,6-8,10H,3,5,9,11H2. The highest BCUT2D eigenvalue weighted by atomic mass is 79.9. The fourth-order valence-electron chi connectivity index (χ4n) is 2.73. The number of rotatable bonds is 2. The Balaban J connectivity index is 1.85. The van der Waals surface area contributed by atoms with Crippen LogP contribution in [0.2, 0.25) is 0 Å². The molecule has 0 fully saturated rings. The predicted octanol–water partition coefficient (Wildman–Crippen LogP) is 4.11. The predicted molar refractivity (Wildman–Crippen MR) is 84.9 cm³/mol. The van der Waals surface area contributed by atoms with Gasteiger partial charge in [0.2, 0.25) is 5.91 Å². The van der Waals surface area contributed by atoms with E-state index >= 15 is 0 Å². The molecule has 2 nitrogen and oxygen atoms in total. The summed E-state index contributed by atoms with van der Waals surface area (Å²) >= 11 is 3.32. The lowest BCUT2D eigenvalue weighted by molar-refractivity contribution is -0.118. The van der Waals surface area contributed by atoms with E-state index in [-0.39, 0.29) is 18.1 Å². The Hall–Kier alpha value is -1.68. The minimum Gasteiger partial charge on any atom is -0.312 e. The fraction of sp³-hybridized carbons (Fsp3) is 0.235. The largest absolute Gasteiger partial charge is 0.312 e. The van der Waals surface area contributed by atoms with Crippen molar-refractivity contribution in [3.8, 4) is 0 Å². The molecule has 0 saturated carbocycles. The lowest BCUT2D eigenvalue weighted by Crippen LogP contribution is -2.36. The first-order valence-corrected chi connectivity index (χ1v) is 7.76. The van der Waals surface area contributed by atoms with Crippen molar-refractivity contribution in [1.82, 2.24) is 0 Å². The number of hydrogen-bond donors (Lipinski definition) is 0. The molecule has 1 aliphatic heterocycles. The minimum absolute atomic E-state index is 0.0563. The number of hydrogen-bond acceptors (Lipinski definition) is 1. The number of amides is 1. The van der Waals surface area contributed by atoms with Crippen molar-refractivity contribution >= 4 is 27.5 Å². The first-order valence-electron chi connectivity index (χ1n) is 6.97. The van der Waals surface area contributed by atoms with Crippen molar-refractivity contribution in [3.63, 3.8) is 0 Å². The molecule has 0 unspecified atom stereocenters. The third kappa shape index (κ3) is 3.00. The van der Waals surface area contributed by atoms with Gasteiger partial charge in [-0.25, -0.2) is 4.39 Å². The molecular formula is C17H15BrFNO. The maximum atomic E-state index is 13.8. The molecule has 2 aromatic rings. The van der Waals surface area contributed by atoms with Gasteiger partial charge >= 0.3 is 0 Å². The van der Waals surface area contributed by atoms with Crippen molar-refractivity contribution in [3.05, 3.63) is 63.9 Å². The highest BCUT2D eigenvalue weighted by Gasteiger charge is 2.22. The normalized spacial score (nSPS) is 13.9. The van der Waals surface area contributed by atoms with E-state index in [9.17, 15) is 9.18 Å². The van der Waals surface area contributed by atoms with Crippen LogP contribution in [-0.2, 0) is 17.6 Å². The van der Waals surface area contributed by atoms with E-state index in [1.54, 1.807) is 17.0 Å². The van der Waals surface area contributed by atoms with Crippen LogP contribution in [0, 0.1) is 5.82 Å². The van der Waals surface area contributed by atoms with Crippen molar-refractivity contribution in [2.45, 2.75) is 19.3 Å². The van der Waals surface area contributed by atoms with E-state index in [0.29, 0.717) is 12.1 Å². The summed E-state index contributed by atoms with van der Waals surface area (Å²) in [6.45, 7) is 0.700. The lowest BCUT2D eigenvalue weighted by Gasteiger charge is -2.29. The van der Waals surface area contributed by atoms with Gasteiger partial charge < -0.3 is 4.90 Å². The number of para-hydroxylation sites is 1. The van der Waals surface area contributed by atoms with Gasteiger partial charge in [-0.05, 0) is 48.2 Å². The molecule has 3 rings (SSSR count). The van der Waals surface area contributed by atoms with Gasteiger partial charge in [-0.3, -0.25) is 4.79 Å². The number of aryl methyl sites for hydroxylation is 1. The van der Waals surface area contributed by atoms with Crippen molar-refractivity contribution < 1.29 is 9.18 Å². The molecule has 0 spiro atoms. The molecule has 1 heterocycles. The van der Waals surface area contributed by atoms with E-state index in [4.69, 9.17) is 0 Å². The summed E-state index contributed by atoms with van der Waals surface area (Å²) < 4.78 is 14.6. The Morgan fingerprint density at radius 2 is 2.05 bits per heavy atom. The molecule has 21 heavy (non-hydrogen) atoms. The van der Waals surface area contributed by atoms with Gasteiger partial charge in [0.1, 0.15) is 5.82 Å². The molecule has 1 aliphatic rings. The molecule has 0 N–H and O–H groups in total. The number of halogens is 2. The topological polar surface area (TPSA) is 20.3 Å². The SMILES string of the molecule is O=C(Cc1cc(Br)ccc1F)N1CCCc2ccccc21. The molecule has 0 saturated heterocycles. The maximum absolute atomic E-state index is 13.8. The average molecular weight is 348 g/mol. The smallest absolute Gasteiger partial charge is 0.231 e. The Kier molecular flexibility index (Phi) is 4.06. The maximum Gasteiger partial charge on any atom is 0.231 e. The van der Waals surface area contributed by atoms with Crippen molar-refractivity contribution in [1.29, 1.82) is 0 Å². The van der Waals surface area contributed by atoms with Crippen LogP contribution in [0.15, 0.2) is 46.9 Å². The van der Waals surface area contributed by atoms with Crippen LogP contribution in [0.25, 0.3) is 0 Å². The Morgan fingerprint density at radius 3 is 2.90 bits per heavy atom. The second-order valence-electron chi connectivity index (χ2n) is 5.19. The summed E-state index contributed by atoms with van der Waals surface area (Å²) in [5, 5.41) is 0. The molecule has 108 valence electrons. The summed E-state index contributed by atoms with van der Waals surface area (Å²) in [6, 6.07) is 12.6. The van der Waals surface area contributed by atoms with Gasteiger partial charge in [-0.15, -0.1) is 0 Å². The molecule has 2 aromatic carbocycles. The molecule has 0 bridgehead atoms. The Labute approximate surface area is 131 Å². The number of fused-ring (bicyclic) bond motifs is 1. The van der Waals surface area contributed by atoms with Crippen LogP contribution < -0.4 is 4.90 Å². The summed E-state index contributed by atoms with van der Waals surface area (Å²) in [5.74, 6) is -0.393. The first kappa shape index (κ1) is 14.3. The Morgan fingerprint density at radius 1 is 1.24 bits per heavy atom. The molecule has 4 heteroatoms. The summed E-state index contributed by atoms with van der Waals surface area (Å²) in [6.07, 6.45) is 2.02. The van der Waals surface area contributed by atoms with Crippen LogP contribution in [0.3, 0.4) is 0 Å². The summed E-state index contributed by atoms with van der Waals surface area (Å²) in [5.41, 5.74) is 2.58. The number of anilines is 1. The molecule has 1 amide bonds. The van der Waals surface area contributed by atoms with Crippen LogP contribution in [0.5, 0.6) is 0 Å². The van der Waals surface area contributed by atoms with Gasteiger partial charge in [-0.1, -0.05) is 34.1 Å². The van der Waals surface area contributed by atoms with E-state index in [1.165, 1.54) is 11.6 Å². The van der Waals surface area contributed by atoms with Gasteiger partial charge in [0.05, 0.1) is 6.42 Å². The number of benzene rings is 2. The van der Waals surface area contributed by atoms with E-state index < -0.39 is 0 Å². The van der Waals surface area contributed by atoms with Crippen molar-refractivity contribution in [2.24, 2.45) is 0 Å². The summed E-state index contributed by atoms with van der Waals surface area (Å²) in [7, 11) is 0. The molecule has 0 aromatic heterocycles. The van der Waals surface area contributed by atoms with Crippen molar-refractivity contribution in [2.75, 3.05) is 11.4 Å². The summed E-state index contributed by atoms with van der Waals surface area (Å²) in [4.78, 5) is 14.3. The second-order valence-corrected chi connectivity index (χ2v) is 6.11. The van der Waals surface area contributed by atoms with Crippen LogP contribution in [0.1, 0.15) is 17.5 Å². The van der Waals surface area contributed by atoms with Crippen LogP contribution in [-0.4, -0.2) is 12.5 Å². The zero-order valence-corrected chi connectivity index (χ0v) is 13.1. The molecule has 0 atom stereocenters. The highest BCUT2D eigenvalue weighted by molar-refractivity contribution is 9.10. The number of carbonyl (C=O) groups is 1. The Bertz CT molecular complexity index is 686. The fourth-order valence-corrected chi connectivity index (χ4v) is 3.14. The first-order chi connectivity index (χ1) is 10.1. The van der Waals surface area contributed by atoms with Gasteiger partial charge in [0, 0.05) is 16.7 Å². The minimum atomic E-state index is -0.336. The van der Waals surface area contributed by atoms with E-state index in [0.717, 1.165) is 23.0 Å². The zero-order valence-electron chi connectivity index (χ0n) is 11.5. The van der Waals surface area contributed by atoms with Gasteiger partial charge in [0.25, 0.3) is 0 Å². The van der Waals surface area contributed by atoms with Gasteiger partial charge in [-0.2, -0.15) is 0 Å². The number of carbonyl (C=O) groups excluding carboxylic acids is 1. The second kappa shape index (κ2) is 5.98. The lowest BCUT2D eigenvalue weighted by atomic mass is 10.0. The third-order valence-electron chi connectivity index (χ3n) is 3.76.